The van der Waals surface area contributed by atoms with E-state index < -0.39 is 11.8 Å². The molecule has 0 heterocycles. The van der Waals surface area contributed by atoms with Gasteiger partial charge in [0.1, 0.15) is 11.5 Å². The first-order chi connectivity index (χ1) is 13.9. The molecular weight excluding hydrogens is 390 g/mol. The van der Waals surface area contributed by atoms with Crippen LogP contribution < -0.4 is 16.4 Å². The number of nitrogen functional groups attached to an aromatic ring is 1. The molecule has 29 heavy (non-hydrogen) atoms. The molecule has 0 saturated carbocycles. The molecule has 3 aromatic rings. The molecule has 0 aliphatic carbocycles. The topological polar surface area (TPSA) is 125 Å². The zero-order valence-corrected chi connectivity index (χ0v) is 16.1. The van der Waals surface area contributed by atoms with Crippen molar-refractivity contribution in [2.45, 2.75) is 9.79 Å². The van der Waals surface area contributed by atoms with E-state index in [0.29, 0.717) is 11.4 Å². The number of carbonyl (C=O) groups is 2. The summed E-state index contributed by atoms with van der Waals surface area (Å²) in [5.41, 5.74) is 6.95. The minimum atomic E-state index is -0.618. The highest BCUT2D eigenvalue weighted by molar-refractivity contribution is 7.99. The van der Waals surface area contributed by atoms with Crippen LogP contribution in [-0.4, -0.2) is 28.6 Å². The monoisotopic (exact) mass is 409 g/mol. The third-order valence-corrected chi connectivity index (χ3v) is 4.91. The number of amides is 2. The van der Waals surface area contributed by atoms with E-state index in [2.05, 4.69) is 10.6 Å². The average molecular weight is 409 g/mol. The first-order valence-corrected chi connectivity index (χ1v) is 9.46. The molecule has 0 atom stereocenters. The number of phenolic OH excluding ortho intramolecular Hbond substituents is 2. The minimum Gasteiger partial charge on any atom is -0.508 e. The van der Waals surface area contributed by atoms with E-state index in [9.17, 15) is 19.8 Å². The molecule has 148 valence electrons. The highest BCUT2D eigenvalue weighted by Gasteiger charge is 2.13. The van der Waals surface area contributed by atoms with Crippen LogP contribution in [0.2, 0.25) is 0 Å². The first-order valence-electron chi connectivity index (χ1n) is 8.64. The third-order valence-electron chi connectivity index (χ3n) is 3.89. The molecule has 2 amide bonds. The van der Waals surface area contributed by atoms with Crippen LogP contribution in [0.4, 0.5) is 11.4 Å². The van der Waals surface area contributed by atoms with Crippen LogP contribution in [0.5, 0.6) is 11.5 Å². The third kappa shape index (κ3) is 5.66. The molecule has 0 fully saturated rings. The van der Waals surface area contributed by atoms with E-state index >= 15 is 0 Å². The lowest BCUT2D eigenvalue weighted by molar-refractivity contribution is -0.115. The summed E-state index contributed by atoms with van der Waals surface area (Å²) in [6.45, 7) is -0.263. The molecule has 0 aliphatic rings. The zero-order chi connectivity index (χ0) is 20.8. The maximum Gasteiger partial charge on any atom is 0.255 e. The summed E-state index contributed by atoms with van der Waals surface area (Å²) >= 11 is 1.57. The van der Waals surface area contributed by atoms with Crippen LogP contribution in [-0.2, 0) is 4.79 Å². The summed E-state index contributed by atoms with van der Waals surface area (Å²) in [4.78, 5) is 26.1. The molecular formula is C21H19N3O4S. The molecule has 3 rings (SSSR count). The Bertz CT molecular complexity index is 1020. The Morgan fingerprint density at radius 3 is 2.14 bits per heavy atom. The van der Waals surface area contributed by atoms with E-state index in [1.54, 1.807) is 23.9 Å². The van der Waals surface area contributed by atoms with Crippen molar-refractivity contribution in [2.24, 2.45) is 0 Å². The molecule has 6 N–H and O–H groups in total. The Kier molecular flexibility index (Phi) is 6.25. The lowest BCUT2D eigenvalue weighted by atomic mass is 10.2. The fourth-order valence-electron chi connectivity index (χ4n) is 2.45. The summed E-state index contributed by atoms with van der Waals surface area (Å²) in [5.74, 6) is -1.55. The van der Waals surface area contributed by atoms with E-state index in [0.717, 1.165) is 15.9 Å². The molecule has 8 heteroatoms. The van der Waals surface area contributed by atoms with Gasteiger partial charge in [0.05, 0.1) is 12.1 Å². The lowest BCUT2D eigenvalue weighted by Gasteiger charge is -2.09. The van der Waals surface area contributed by atoms with Gasteiger partial charge in [-0.3, -0.25) is 9.59 Å². The molecule has 3 aromatic carbocycles. The quantitative estimate of drug-likeness (QED) is 0.398. The maximum atomic E-state index is 12.0. The highest BCUT2D eigenvalue weighted by atomic mass is 32.2. The standard InChI is InChI=1S/C21H19N3O4S/c22-13-1-6-16(7-2-13)29-17-8-3-14(4-9-17)24-20(27)12-23-21(28)18-10-5-15(25)11-19(18)26/h1-11,25-26H,12,22H2,(H,23,28)(H,24,27). The van der Waals surface area contributed by atoms with Gasteiger partial charge in [0.15, 0.2) is 0 Å². The summed E-state index contributed by atoms with van der Waals surface area (Å²) in [5, 5.41) is 24.0. The van der Waals surface area contributed by atoms with Crippen LogP contribution in [0.3, 0.4) is 0 Å². The molecule has 0 aromatic heterocycles. The molecule has 0 bridgehead atoms. The van der Waals surface area contributed by atoms with E-state index in [4.69, 9.17) is 5.73 Å². The Hall–Kier alpha value is -3.65. The van der Waals surface area contributed by atoms with Crippen molar-refractivity contribution in [3.05, 3.63) is 72.3 Å². The van der Waals surface area contributed by atoms with Crippen molar-refractivity contribution in [3.8, 4) is 11.5 Å². The largest absolute Gasteiger partial charge is 0.508 e. The molecule has 0 saturated heterocycles. The SMILES string of the molecule is Nc1ccc(Sc2ccc(NC(=O)CNC(=O)c3ccc(O)cc3O)cc2)cc1. The number of hydrogen-bond donors (Lipinski definition) is 5. The van der Waals surface area contributed by atoms with Gasteiger partial charge in [-0.2, -0.15) is 0 Å². The second kappa shape index (κ2) is 9.03. The van der Waals surface area contributed by atoms with Gasteiger partial charge in [0, 0.05) is 27.2 Å². The fourth-order valence-corrected chi connectivity index (χ4v) is 3.27. The zero-order valence-electron chi connectivity index (χ0n) is 15.3. The van der Waals surface area contributed by atoms with E-state index in [1.165, 1.54) is 12.1 Å². The number of aromatic hydroxyl groups is 2. The van der Waals surface area contributed by atoms with Crippen LogP contribution in [0, 0.1) is 0 Å². The number of carbonyl (C=O) groups excluding carboxylic acids is 2. The smallest absolute Gasteiger partial charge is 0.255 e. The van der Waals surface area contributed by atoms with Crippen molar-refractivity contribution in [1.82, 2.24) is 5.32 Å². The molecule has 7 nitrogen and oxygen atoms in total. The van der Waals surface area contributed by atoms with Gasteiger partial charge in [-0.05, 0) is 60.7 Å². The second-order valence-electron chi connectivity index (χ2n) is 6.13. The molecule has 0 aliphatic heterocycles. The van der Waals surface area contributed by atoms with E-state index in [-0.39, 0.29) is 23.6 Å². The van der Waals surface area contributed by atoms with Crippen molar-refractivity contribution >= 4 is 35.0 Å². The van der Waals surface area contributed by atoms with Crippen LogP contribution in [0.25, 0.3) is 0 Å². The predicted molar refractivity (Wildman–Crippen MR) is 112 cm³/mol. The van der Waals surface area contributed by atoms with E-state index in [1.807, 2.05) is 36.4 Å². The second-order valence-corrected chi connectivity index (χ2v) is 7.27. The summed E-state index contributed by atoms with van der Waals surface area (Å²) in [7, 11) is 0. The maximum absolute atomic E-state index is 12.0. The van der Waals surface area contributed by atoms with Gasteiger partial charge in [-0.1, -0.05) is 11.8 Å². The summed E-state index contributed by atoms with van der Waals surface area (Å²) in [6, 6.07) is 18.4. The predicted octanol–water partition coefficient (Wildman–Crippen LogP) is 3.20. The molecule has 0 radical (unpaired) electrons. The van der Waals surface area contributed by atoms with Crippen molar-refractivity contribution in [1.29, 1.82) is 0 Å². The number of nitrogens with one attached hydrogen (secondary N) is 2. The Morgan fingerprint density at radius 1 is 0.897 bits per heavy atom. The van der Waals surface area contributed by atoms with Crippen LogP contribution in [0.1, 0.15) is 10.4 Å². The number of anilines is 2. The Labute approximate surface area is 171 Å². The van der Waals surface area contributed by atoms with Crippen molar-refractivity contribution in [3.63, 3.8) is 0 Å². The Morgan fingerprint density at radius 2 is 1.52 bits per heavy atom. The minimum absolute atomic E-state index is 0.0281. The number of benzene rings is 3. The average Bonchev–Trinajstić information content (AvgIpc) is 2.69. The molecule has 0 spiro atoms. The van der Waals surface area contributed by atoms with Gasteiger partial charge in [-0.15, -0.1) is 0 Å². The number of hydrogen-bond acceptors (Lipinski definition) is 6. The number of phenols is 2. The number of rotatable bonds is 6. The normalized spacial score (nSPS) is 10.3. The van der Waals surface area contributed by atoms with Crippen molar-refractivity contribution < 1.29 is 19.8 Å². The van der Waals surface area contributed by atoms with Gasteiger partial charge in [-0.25, -0.2) is 0 Å². The summed E-state index contributed by atoms with van der Waals surface area (Å²) < 4.78 is 0. The van der Waals surface area contributed by atoms with Gasteiger partial charge >= 0.3 is 0 Å². The van der Waals surface area contributed by atoms with Gasteiger partial charge in [0.2, 0.25) is 5.91 Å². The highest BCUT2D eigenvalue weighted by Crippen LogP contribution is 2.29. The number of nitrogens with two attached hydrogens (primary N) is 1. The molecule has 0 unspecified atom stereocenters. The van der Waals surface area contributed by atoms with Crippen molar-refractivity contribution in [2.75, 3.05) is 17.6 Å². The summed E-state index contributed by atoms with van der Waals surface area (Å²) in [6.07, 6.45) is 0. The fraction of sp³-hybridized carbons (Fsp3) is 0.0476. The van der Waals surface area contributed by atoms with Gasteiger partial charge < -0.3 is 26.6 Å². The Balaban J connectivity index is 1.51. The first kappa shape index (κ1) is 20.1. The van der Waals surface area contributed by atoms with Crippen LogP contribution >= 0.6 is 11.8 Å². The lowest BCUT2D eigenvalue weighted by Crippen LogP contribution is -2.32. The van der Waals surface area contributed by atoms with Gasteiger partial charge in [0.25, 0.3) is 5.91 Å². The van der Waals surface area contributed by atoms with Crippen LogP contribution in [0.15, 0.2) is 76.5 Å².